The van der Waals surface area contributed by atoms with Gasteiger partial charge in [0.25, 0.3) is 0 Å². The number of fused-ring (bicyclic) bond motifs is 1. The predicted molar refractivity (Wildman–Crippen MR) is 112 cm³/mol. The molecule has 1 N–H and O–H groups in total. The molecule has 1 spiro atoms. The lowest BCUT2D eigenvalue weighted by Gasteiger charge is -2.40. The number of methoxy groups -OCH3 is 2. The summed E-state index contributed by atoms with van der Waals surface area (Å²) >= 11 is 0. The molecule has 152 valence electrons. The van der Waals surface area contributed by atoms with Gasteiger partial charge in [-0.15, -0.1) is 0 Å². The number of hydrogen-bond acceptors (Lipinski definition) is 6. The van der Waals surface area contributed by atoms with Crippen molar-refractivity contribution in [3.63, 3.8) is 0 Å². The second kappa shape index (κ2) is 7.08. The van der Waals surface area contributed by atoms with Gasteiger partial charge < -0.3 is 14.4 Å². The van der Waals surface area contributed by atoms with E-state index in [0.29, 0.717) is 11.5 Å². The van der Waals surface area contributed by atoms with Gasteiger partial charge in [0.05, 0.1) is 19.7 Å². The summed E-state index contributed by atoms with van der Waals surface area (Å²) in [5.41, 5.74) is 2.25. The Morgan fingerprint density at radius 2 is 1.75 bits per heavy atom. The first-order valence-corrected chi connectivity index (χ1v) is 11.5. The van der Waals surface area contributed by atoms with Crippen LogP contribution in [-0.4, -0.2) is 60.2 Å². The van der Waals surface area contributed by atoms with Crippen molar-refractivity contribution in [3.05, 3.63) is 24.4 Å². The van der Waals surface area contributed by atoms with Gasteiger partial charge in [0, 0.05) is 55.8 Å². The molecule has 1 aromatic carbocycles. The Balaban J connectivity index is 1.58. The Labute approximate surface area is 166 Å². The van der Waals surface area contributed by atoms with Crippen LogP contribution in [0.3, 0.4) is 0 Å². The maximum absolute atomic E-state index is 12.1. The SMILES string of the molecule is COc1cc2nccc(N3CCC4(CC3)CCN([S@](C)(=N)=O)C4)c2cc1OC. The molecule has 3 heterocycles. The first-order valence-electron chi connectivity index (χ1n) is 9.60. The maximum atomic E-state index is 12.1. The van der Waals surface area contributed by atoms with Gasteiger partial charge in [-0.1, -0.05) is 0 Å². The summed E-state index contributed by atoms with van der Waals surface area (Å²) < 4.78 is 32.8. The molecule has 0 saturated carbocycles. The molecule has 4 rings (SSSR count). The van der Waals surface area contributed by atoms with Crippen LogP contribution in [0.1, 0.15) is 19.3 Å². The number of rotatable bonds is 4. The summed E-state index contributed by atoms with van der Waals surface area (Å²) in [5.74, 6) is 1.39. The lowest BCUT2D eigenvalue weighted by Crippen LogP contribution is -2.42. The third kappa shape index (κ3) is 3.39. The highest BCUT2D eigenvalue weighted by molar-refractivity contribution is 7.89. The number of hydrogen-bond donors (Lipinski definition) is 1. The number of nitrogens with one attached hydrogen (secondary N) is 1. The Bertz CT molecular complexity index is 984. The van der Waals surface area contributed by atoms with Crippen LogP contribution in [-0.2, 0) is 9.92 Å². The second-order valence-electron chi connectivity index (χ2n) is 7.96. The predicted octanol–water partition coefficient (Wildman–Crippen LogP) is 3.14. The lowest BCUT2D eigenvalue weighted by atomic mass is 9.77. The molecule has 8 heteroatoms. The zero-order valence-electron chi connectivity index (χ0n) is 16.7. The molecule has 0 amide bonds. The van der Waals surface area contributed by atoms with E-state index in [1.807, 2.05) is 22.6 Å². The van der Waals surface area contributed by atoms with Gasteiger partial charge >= 0.3 is 0 Å². The van der Waals surface area contributed by atoms with Crippen molar-refractivity contribution in [3.8, 4) is 11.5 Å². The number of ether oxygens (including phenoxy) is 2. The monoisotopic (exact) mass is 404 g/mol. The summed E-state index contributed by atoms with van der Waals surface area (Å²) in [5, 5.41) is 1.06. The fourth-order valence-electron chi connectivity index (χ4n) is 4.56. The fraction of sp³-hybridized carbons (Fsp3) is 0.550. The van der Waals surface area contributed by atoms with Gasteiger partial charge in [0.2, 0.25) is 0 Å². The Morgan fingerprint density at radius 3 is 2.36 bits per heavy atom. The van der Waals surface area contributed by atoms with Crippen LogP contribution in [0.5, 0.6) is 11.5 Å². The van der Waals surface area contributed by atoms with E-state index in [-0.39, 0.29) is 5.41 Å². The summed E-state index contributed by atoms with van der Waals surface area (Å²) in [6.45, 7) is 3.45. The third-order valence-electron chi connectivity index (χ3n) is 6.28. The molecule has 28 heavy (non-hydrogen) atoms. The topological polar surface area (TPSA) is 78.8 Å². The van der Waals surface area contributed by atoms with Gasteiger partial charge in [-0.05, 0) is 36.8 Å². The smallest absolute Gasteiger partial charge is 0.162 e. The number of nitrogens with zero attached hydrogens (tertiary/aromatic N) is 3. The van der Waals surface area contributed by atoms with E-state index >= 15 is 0 Å². The maximum Gasteiger partial charge on any atom is 0.162 e. The van der Waals surface area contributed by atoms with Crippen molar-refractivity contribution in [2.45, 2.75) is 19.3 Å². The molecular weight excluding hydrogens is 376 g/mol. The third-order valence-corrected chi connectivity index (χ3v) is 7.58. The van der Waals surface area contributed by atoms with Crippen LogP contribution in [0.2, 0.25) is 0 Å². The molecule has 1 aromatic heterocycles. The highest BCUT2D eigenvalue weighted by atomic mass is 32.2. The second-order valence-corrected chi connectivity index (χ2v) is 10.1. The minimum absolute atomic E-state index is 0.194. The quantitative estimate of drug-likeness (QED) is 0.847. The molecule has 2 aliphatic heterocycles. The molecule has 2 fully saturated rings. The highest BCUT2D eigenvalue weighted by Crippen LogP contribution is 2.43. The van der Waals surface area contributed by atoms with Crippen molar-refractivity contribution >= 4 is 26.5 Å². The van der Waals surface area contributed by atoms with E-state index < -0.39 is 9.92 Å². The Hall–Kier alpha value is -2.06. The molecule has 0 unspecified atom stereocenters. The molecular formula is C20H28N4O3S. The number of benzene rings is 1. The fourth-order valence-corrected chi connectivity index (χ4v) is 5.52. The number of pyridine rings is 1. The van der Waals surface area contributed by atoms with Crippen molar-refractivity contribution < 1.29 is 13.7 Å². The first kappa shape index (κ1) is 19.3. The van der Waals surface area contributed by atoms with E-state index in [9.17, 15) is 4.21 Å². The first-order chi connectivity index (χ1) is 13.3. The summed E-state index contributed by atoms with van der Waals surface area (Å²) in [6.07, 6.45) is 6.52. The molecule has 2 aliphatic rings. The van der Waals surface area contributed by atoms with Crippen LogP contribution < -0.4 is 14.4 Å². The normalized spacial score (nSPS) is 21.8. The van der Waals surface area contributed by atoms with Crippen LogP contribution in [0.4, 0.5) is 5.69 Å². The lowest BCUT2D eigenvalue weighted by molar-refractivity contribution is 0.236. The van der Waals surface area contributed by atoms with Crippen LogP contribution in [0, 0.1) is 10.2 Å². The van der Waals surface area contributed by atoms with E-state index in [1.54, 1.807) is 14.2 Å². The van der Waals surface area contributed by atoms with E-state index in [4.69, 9.17) is 14.3 Å². The molecule has 0 radical (unpaired) electrons. The molecule has 2 aromatic rings. The summed E-state index contributed by atoms with van der Waals surface area (Å²) in [6, 6.07) is 5.99. The Morgan fingerprint density at radius 1 is 1.11 bits per heavy atom. The van der Waals surface area contributed by atoms with Crippen molar-refractivity contribution in [2.75, 3.05) is 51.6 Å². The molecule has 1 atom stereocenters. The minimum atomic E-state index is -2.60. The van der Waals surface area contributed by atoms with Gasteiger partial charge in [-0.25, -0.2) is 13.3 Å². The standard InChI is InChI=1S/C20H28N4O3S/c1-26-18-12-15-16(13-19(18)27-2)22-8-4-17(15)23-9-5-20(6-10-23)7-11-24(14-20)28(3,21)25/h4,8,12-13,21H,5-7,9-11,14H2,1-3H3/t28-/m0/s1. The van der Waals surface area contributed by atoms with E-state index in [1.165, 1.54) is 6.26 Å². The molecule has 7 nitrogen and oxygen atoms in total. The van der Waals surface area contributed by atoms with E-state index in [0.717, 1.165) is 62.0 Å². The van der Waals surface area contributed by atoms with Crippen molar-refractivity contribution in [2.24, 2.45) is 5.41 Å². The van der Waals surface area contributed by atoms with Crippen LogP contribution in [0.15, 0.2) is 24.4 Å². The zero-order valence-corrected chi connectivity index (χ0v) is 17.6. The van der Waals surface area contributed by atoms with Gasteiger partial charge in [0.1, 0.15) is 9.92 Å². The zero-order chi connectivity index (χ0) is 19.9. The number of piperidine rings is 1. The van der Waals surface area contributed by atoms with Gasteiger partial charge in [-0.3, -0.25) is 4.98 Å². The largest absolute Gasteiger partial charge is 0.493 e. The Kier molecular flexibility index (Phi) is 4.87. The number of aromatic nitrogens is 1. The van der Waals surface area contributed by atoms with E-state index in [2.05, 4.69) is 16.0 Å². The number of anilines is 1. The molecule has 0 bridgehead atoms. The summed E-state index contributed by atoms with van der Waals surface area (Å²) in [7, 11) is 0.679. The van der Waals surface area contributed by atoms with Crippen LogP contribution in [0.25, 0.3) is 10.9 Å². The van der Waals surface area contributed by atoms with Crippen LogP contribution >= 0.6 is 0 Å². The average Bonchev–Trinajstić information content (AvgIpc) is 3.11. The summed E-state index contributed by atoms with van der Waals surface area (Å²) in [4.78, 5) is 6.92. The average molecular weight is 405 g/mol. The molecule has 0 aliphatic carbocycles. The van der Waals surface area contributed by atoms with Gasteiger partial charge in [-0.2, -0.15) is 0 Å². The van der Waals surface area contributed by atoms with Gasteiger partial charge in [0.15, 0.2) is 11.5 Å². The van der Waals surface area contributed by atoms with Crippen molar-refractivity contribution in [1.82, 2.24) is 9.29 Å². The molecule has 2 saturated heterocycles. The highest BCUT2D eigenvalue weighted by Gasteiger charge is 2.42. The minimum Gasteiger partial charge on any atom is -0.493 e. The van der Waals surface area contributed by atoms with Crippen molar-refractivity contribution in [1.29, 1.82) is 4.78 Å².